The number of aromatic hydroxyl groups is 2. The molecule has 1 atom stereocenters. The molecule has 0 saturated heterocycles. The number of hydrogen-bond donors (Lipinski definition) is 3. The molecule has 0 unspecified atom stereocenters. The maximum atomic E-state index is 11.0. The van der Waals surface area contributed by atoms with Crippen LogP contribution in [-0.4, -0.2) is 37.6 Å². The Morgan fingerprint density at radius 3 is 2.76 bits per heavy atom. The molecule has 0 aromatic heterocycles. The van der Waals surface area contributed by atoms with Crippen LogP contribution in [0, 0.1) is 0 Å². The van der Waals surface area contributed by atoms with Gasteiger partial charge >= 0.3 is 5.97 Å². The molecule has 5 nitrogen and oxygen atoms in total. The zero-order chi connectivity index (χ0) is 12.6. The molecule has 0 bridgehead atoms. The highest BCUT2D eigenvalue weighted by atomic mass is 32.2. The van der Waals surface area contributed by atoms with E-state index < -0.39 is 11.5 Å². The Kier molecular flexibility index (Phi) is 2.74. The van der Waals surface area contributed by atoms with Gasteiger partial charge in [-0.25, -0.2) is 4.79 Å². The molecule has 0 amide bonds. The smallest absolute Gasteiger partial charge is 0.332 e. The second-order valence-electron chi connectivity index (χ2n) is 3.99. The van der Waals surface area contributed by atoms with Crippen molar-refractivity contribution in [1.82, 2.24) is 0 Å². The van der Waals surface area contributed by atoms with Gasteiger partial charge in [0.05, 0.1) is 5.56 Å². The molecule has 0 aliphatic carbocycles. The van der Waals surface area contributed by atoms with E-state index in [2.05, 4.69) is 4.99 Å². The number of thioether (sulfide) groups is 1. The molecule has 3 N–H and O–H groups in total. The fraction of sp³-hybridized carbons (Fsp3) is 0.273. The highest BCUT2D eigenvalue weighted by molar-refractivity contribution is 8.14. The molecule has 2 rings (SSSR count). The average Bonchev–Trinajstić information content (AvgIpc) is 2.66. The normalized spacial score (nSPS) is 23.5. The van der Waals surface area contributed by atoms with Crippen molar-refractivity contribution in [1.29, 1.82) is 0 Å². The number of rotatable bonds is 2. The first-order valence-electron chi connectivity index (χ1n) is 4.91. The predicted octanol–water partition coefficient (Wildman–Crippen LogP) is 1.43. The second-order valence-corrected chi connectivity index (χ2v) is 4.95. The molecule has 90 valence electrons. The van der Waals surface area contributed by atoms with Crippen LogP contribution in [0.25, 0.3) is 0 Å². The molecule has 1 aliphatic rings. The number of phenols is 2. The van der Waals surface area contributed by atoms with Crippen molar-refractivity contribution in [2.24, 2.45) is 4.99 Å². The Morgan fingerprint density at radius 1 is 1.47 bits per heavy atom. The molecule has 6 heteroatoms. The van der Waals surface area contributed by atoms with E-state index in [9.17, 15) is 15.0 Å². The molecule has 1 aromatic carbocycles. The van der Waals surface area contributed by atoms with Crippen molar-refractivity contribution in [3.63, 3.8) is 0 Å². The lowest BCUT2D eigenvalue weighted by atomic mass is 10.1. The lowest BCUT2D eigenvalue weighted by Gasteiger charge is -2.11. The van der Waals surface area contributed by atoms with Crippen molar-refractivity contribution in [2.75, 3.05) is 5.75 Å². The molecular formula is C11H11NO4S. The van der Waals surface area contributed by atoms with E-state index in [4.69, 9.17) is 5.11 Å². The van der Waals surface area contributed by atoms with Gasteiger partial charge in [0.1, 0.15) is 16.5 Å². The van der Waals surface area contributed by atoms with Crippen LogP contribution in [0.15, 0.2) is 23.2 Å². The highest BCUT2D eigenvalue weighted by Gasteiger charge is 2.38. The topological polar surface area (TPSA) is 90.1 Å². The third-order valence-electron chi connectivity index (χ3n) is 2.51. The molecule has 1 aromatic rings. The fourth-order valence-electron chi connectivity index (χ4n) is 1.44. The first-order chi connectivity index (χ1) is 7.92. The molecule has 1 heterocycles. The molecule has 0 saturated carbocycles. The van der Waals surface area contributed by atoms with Gasteiger partial charge in [-0.1, -0.05) is 0 Å². The summed E-state index contributed by atoms with van der Waals surface area (Å²) in [6.45, 7) is 1.52. The van der Waals surface area contributed by atoms with Gasteiger partial charge in [-0.3, -0.25) is 4.99 Å². The SMILES string of the molecule is C[C@]1(C(=O)O)CSC(c2cc(O)ccc2O)=N1. The van der Waals surface area contributed by atoms with Gasteiger partial charge in [0.15, 0.2) is 5.54 Å². The summed E-state index contributed by atoms with van der Waals surface area (Å²) in [5.41, 5.74) is -0.808. The van der Waals surface area contributed by atoms with Crippen LogP contribution in [0.5, 0.6) is 11.5 Å². The molecule has 1 aliphatic heterocycles. The number of hydrogen-bond acceptors (Lipinski definition) is 5. The van der Waals surface area contributed by atoms with Gasteiger partial charge in [0.25, 0.3) is 0 Å². The first kappa shape index (κ1) is 11.8. The number of carbonyl (C=O) groups is 1. The summed E-state index contributed by atoms with van der Waals surface area (Å²) in [5.74, 6) is -0.708. The van der Waals surface area contributed by atoms with E-state index in [1.165, 1.54) is 36.9 Å². The van der Waals surface area contributed by atoms with Gasteiger partial charge in [0.2, 0.25) is 0 Å². The van der Waals surface area contributed by atoms with Crippen LogP contribution in [0.2, 0.25) is 0 Å². The lowest BCUT2D eigenvalue weighted by molar-refractivity contribution is -0.141. The number of benzene rings is 1. The predicted molar refractivity (Wildman–Crippen MR) is 64.8 cm³/mol. The third-order valence-corrected chi connectivity index (χ3v) is 3.80. The Morgan fingerprint density at radius 2 is 2.18 bits per heavy atom. The minimum Gasteiger partial charge on any atom is -0.508 e. The van der Waals surface area contributed by atoms with Gasteiger partial charge in [-0.05, 0) is 25.1 Å². The number of aliphatic imine (C=N–C) groups is 1. The van der Waals surface area contributed by atoms with Crippen LogP contribution in [0.3, 0.4) is 0 Å². The Bertz CT molecular complexity index is 514. The first-order valence-corrected chi connectivity index (χ1v) is 5.89. The highest BCUT2D eigenvalue weighted by Crippen LogP contribution is 2.35. The van der Waals surface area contributed by atoms with Gasteiger partial charge in [-0.15, -0.1) is 11.8 Å². The van der Waals surface area contributed by atoms with E-state index in [-0.39, 0.29) is 11.5 Å². The van der Waals surface area contributed by atoms with E-state index in [1.807, 2.05) is 0 Å². The molecule has 17 heavy (non-hydrogen) atoms. The van der Waals surface area contributed by atoms with Gasteiger partial charge < -0.3 is 15.3 Å². The fourth-order valence-corrected chi connectivity index (χ4v) is 2.63. The number of phenolic OH excluding ortho intramolecular Hbond substituents is 2. The van der Waals surface area contributed by atoms with Crippen molar-refractivity contribution in [2.45, 2.75) is 12.5 Å². The summed E-state index contributed by atoms with van der Waals surface area (Å²) in [7, 11) is 0. The van der Waals surface area contributed by atoms with Gasteiger partial charge in [0, 0.05) is 5.75 Å². The Hall–Kier alpha value is -1.69. The average molecular weight is 253 g/mol. The molecule has 0 radical (unpaired) electrons. The van der Waals surface area contributed by atoms with E-state index in [0.29, 0.717) is 16.4 Å². The van der Waals surface area contributed by atoms with Crippen molar-refractivity contribution < 1.29 is 20.1 Å². The van der Waals surface area contributed by atoms with Crippen molar-refractivity contribution in [3.8, 4) is 11.5 Å². The Labute approximate surface area is 102 Å². The summed E-state index contributed by atoms with van der Waals surface area (Å²) in [6.07, 6.45) is 0. The second kappa shape index (κ2) is 3.96. The lowest BCUT2D eigenvalue weighted by Crippen LogP contribution is -2.33. The minimum absolute atomic E-state index is 0.00466. The van der Waals surface area contributed by atoms with Crippen LogP contribution in [0.1, 0.15) is 12.5 Å². The monoisotopic (exact) mass is 253 g/mol. The number of carboxylic acids is 1. The van der Waals surface area contributed by atoms with E-state index >= 15 is 0 Å². The summed E-state index contributed by atoms with van der Waals surface area (Å²) < 4.78 is 0. The number of aliphatic carboxylic acids is 1. The number of carboxylic acid groups (broad SMARTS) is 1. The standard InChI is InChI=1S/C11H11NO4S/c1-11(10(15)16)5-17-9(12-11)7-4-6(13)2-3-8(7)14/h2-4,13-14H,5H2,1H3,(H,15,16)/t11-/m1/s1. The largest absolute Gasteiger partial charge is 0.508 e. The maximum Gasteiger partial charge on any atom is 0.332 e. The van der Waals surface area contributed by atoms with Crippen LogP contribution in [0.4, 0.5) is 0 Å². The minimum atomic E-state index is -1.17. The zero-order valence-electron chi connectivity index (χ0n) is 9.04. The van der Waals surface area contributed by atoms with Crippen LogP contribution >= 0.6 is 11.8 Å². The summed E-state index contributed by atoms with van der Waals surface area (Å²) in [5, 5.41) is 28.5. The molecular weight excluding hydrogens is 242 g/mol. The van der Waals surface area contributed by atoms with E-state index in [1.54, 1.807) is 0 Å². The quantitative estimate of drug-likeness (QED) is 0.694. The van der Waals surface area contributed by atoms with Crippen molar-refractivity contribution in [3.05, 3.63) is 23.8 Å². The Balaban J connectivity index is 2.43. The number of nitrogens with zero attached hydrogens (tertiary/aromatic N) is 1. The molecule has 0 fully saturated rings. The zero-order valence-corrected chi connectivity index (χ0v) is 9.86. The third kappa shape index (κ3) is 2.08. The van der Waals surface area contributed by atoms with E-state index in [0.717, 1.165) is 0 Å². The van der Waals surface area contributed by atoms with Gasteiger partial charge in [-0.2, -0.15) is 0 Å². The van der Waals surface area contributed by atoms with Crippen LogP contribution < -0.4 is 0 Å². The van der Waals surface area contributed by atoms with Crippen molar-refractivity contribution >= 4 is 22.8 Å². The summed E-state index contributed by atoms with van der Waals surface area (Å²) >= 11 is 1.25. The van der Waals surface area contributed by atoms with Crippen LogP contribution in [-0.2, 0) is 4.79 Å². The maximum absolute atomic E-state index is 11.0. The summed E-state index contributed by atoms with van der Waals surface area (Å²) in [6, 6.07) is 4.08. The summed E-state index contributed by atoms with van der Waals surface area (Å²) in [4.78, 5) is 15.1. The molecule has 0 spiro atoms.